The third-order valence-electron chi connectivity index (χ3n) is 6.52. The summed E-state index contributed by atoms with van der Waals surface area (Å²) in [6.45, 7) is 3.44. The molecule has 0 aliphatic rings. The Morgan fingerprint density at radius 2 is 1.55 bits per heavy atom. The first kappa shape index (κ1) is 31.8. The first-order valence-corrected chi connectivity index (χ1v) is 12.7. The molecule has 5 unspecified atom stereocenters. The van der Waals surface area contributed by atoms with Gasteiger partial charge in [-0.1, -0.05) is 38.5 Å². The van der Waals surface area contributed by atoms with Crippen LogP contribution in [0.15, 0.2) is 30.5 Å². The van der Waals surface area contributed by atoms with Crippen molar-refractivity contribution in [2.45, 2.75) is 70.1 Å². The second-order valence-electron chi connectivity index (χ2n) is 9.53. The lowest BCUT2D eigenvalue weighted by Gasteiger charge is -2.27. The molecule has 9 N–H and O–H groups in total. The lowest BCUT2D eigenvalue weighted by Crippen LogP contribution is -2.59. The van der Waals surface area contributed by atoms with Crippen molar-refractivity contribution in [3.63, 3.8) is 0 Å². The average molecular weight is 562 g/mol. The number of hydrogen-bond donors (Lipinski definition) is 8. The molecule has 0 saturated heterocycles. The van der Waals surface area contributed by atoms with E-state index in [2.05, 4.69) is 20.9 Å². The van der Waals surface area contributed by atoms with Crippen molar-refractivity contribution < 1.29 is 44.1 Å². The average Bonchev–Trinajstić information content (AvgIpc) is 3.30. The van der Waals surface area contributed by atoms with Gasteiger partial charge in [0, 0.05) is 23.5 Å². The van der Waals surface area contributed by atoms with Crippen LogP contribution in [-0.4, -0.2) is 80.1 Å². The number of amides is 3. The minimum absolute atomic E-state index is 0.168. The molecule has 0 saturated carbocycles. The standard InChI is InChI=1S/C26H35N5O9/c1-3-13(2)22(31-23(36)16(27)10-14-12-28-17-7-5-4-6-15(14)17)25(38)30-19(11-21(34)35)24(37)29-18(26(39)40)8-9-20(32)33/h4-7,12-13,16,18-19,22,28H,3,8-11,27H2,1-2H3,(H,29,37)(H,30,38)(H,31,36)(H,32,33)(H,34,35)(H,39,40). The predicted molar refractivity (Wildman–Crippen MR) is 142 cm³/mol. The van der Waals surface area contributed by atoms with Gasteiger partial charge in [-0.25, -0.2) is 4.79 Å². The van der Waals surface area contributed by atoms with E-state index in [1.165, 1.54) is 0 Å². The van der Waals surface area contributed by atoms with Gasteiger partial charge in [-0.05, 0) is 30.4 Å². The lowest BCUT2D eigenvalue weighted by molar-refractivity contribution is -0.144. The molecule has 3 amide bonds. The molecule has 1 aromatic carbocycles. The molecule has 14 heteroatoms. The number of carboxylic acids is 3. The fraction of sp³-hybridized carbons (Fsp3) is 0.462. The number of hydrogen-bond acceptors (Lipinski definition) is 7. The Morgan fingerprint density at radius 1 is 0.900 bits per heavy atom. The molecule has 0 fully saturated rings. The summed E-state index contributed by atoms with van der Waals surface area (Å²) >= 11 is 0. The maximum Gasteiger partial charge on any atom is 0.326 e. The maximum atomic E-state index is 13.2. The van der Waals surface area contributed by atoms with E-state index >= 15 is 0 Å². The van der Waals surface area contributed by atoms with E-state index in [-0.39, 0.29) is 6.42 Å². The molecule has 0 bridgehead atoms. The number of carbonyl (C=O) groups is 6. The van der Waals surface area contributed by atoms with Gasteiger partial charge in [-0.3, -0.25) is 24.0 Å². The first-order chi connectivity index (χ1) is 18.8. The van der Waals surface area contributed by atoms with E-state index in [1.807, 2.05) is 24.3 Å². The fourth-order valence-corrected chi connectivity index (χ4v) is 4.04. The van der Waals surface area contributed by atoms with Crippen molar-refractivity contribution in [2.24, 2.45) is 11.7 Å². The highest BCUT2D eigenvalue weighted by Crippen LogP contribution is 2.19. The van der Waals surface area contributed by atoms with E-state index in [9.17, 15) is 39.0 Å². The molecular formula is C26H35N5O9. The third-order valence-corrected chi connectivity index (χ3v) is 6.52. The van der Waals surface area contributed by atoms with Gasteiger partial charge in [0.1, 0.15) is 18.1 Å². The third kappa shape index (κ3) is 9.08. The van der Waals surface area contributed by atoms with Gasteiger partial charge < -0.3 is 42.0 Å². The number of para-hydroxylation sites is 1. The van der Waals surface area contributed by atoms with Crippen LogP contribution in [0.2, 0.25) is 0 Å². The minimum Gasteiger partial charge on any atom is -0.481 e. The molecule has 1 aromatic heterocycles. The smallest absolute Gasteiger partial charge is 0.326 e. The van der Waals surface area contributed by atoms with Crippen molar-refractivity contribution in [1.29, 1.82) is 0 Å². The van der Waals surface area contributed by atoms with Crippen LogP contribution in [0, 0.1) is 5.92 Å². The number of fused-ring (bicyclic) bond motifs is 1. The minimum atomic E-state index is -1.69. The van der Waals surface area contributed by atoms with E-state index in [4.69, 9.17) is 10.8 Å². The second-order valence-corrected chi connectivity index (χ2v) is 9.53. The summed E-state index contributed by atoms with van der Waals surface area (Å²) in [6, 6.07) is 1.95. The molecule has 5 atom stereocenters. The molecule has 0 spiro atoms. The van der Waals surface area contributed by atoms with Crippen LogP contribution in [0.25, 0.3) is 10.9 Å². The molecule has 2 aromatic rings. The topological polar surface area (TPSA) is 241 Å². The van der Waals surface area contributed by atoms with Gasteiger partial charge in [0.05, 0.1) is 12.5 Å². The van der Waals surface area contributed by atoms with Gasteiger partial charge in [-0.2, -0.15) is 0 Å². The number of rotatable bonds is 16. The summed E-state index contributed by atoms with van der Waals surface area (Å²) in [7, 11) is 0. The van der Waals surface area contributed by atoms with Gasteiger partial charge in [-0.15, -0.1) is 0 Å². The van der Waals surface area contributed by atoms with Crippen molar-refractivity contribution in [3.05, 3.63) is 36.0 Å². The summed E-state index contributed by atoms with van der Waals surface area (Å²) < 4.78 is 0. The molecule has 40 heavy (non-hydrogen) atoms. The van der Waals surface area contributed by atoms with E-state index < -0.39 is 85.0 Å². The SMILES string of the molecule is CCC(C)C(NC(=O)C(N)Cc1c[nH]c2ccccc12)C(=O)NC(CC(=O)O)C(=O)NC(CCC(=O)O)C(=O)O. The number of aliphatic carboxylic acids is 3. The fourth-order valence-electron chi connectivity index (χ4n) is 4.04. The number of carbonyl (C=O) groups excluding carboxylic acids is 3. The highest BCUT2D eigenvalue weighted by molar-refractivity contribution is 5.96. The summed E-state index contributed by atoms with van der Waals surface area (Å²) in [5.41, 5.74) is 7.82. The van der Waals surface area contributed by atoms with Crippen molar-refractivity contribution in [1.82, 2.24) is 20.9 Å². The highest BCUT2D eigenvalue weighted by atomic mass is 16.4. The Morgan fingerprint density at radius 3 is 2.15 bits per heavy atom. The summed E-state index contributed by atoms with van der Waals surface area (Å²) in [5.74, 6) is -7.33. The van der Waals surface area contributed by atoms with Gasteiger partial charge in [0.15, 0.2) is 0 Å². The zero-order valence-electron chi connectivity index (χ0n) is 22.2. The molecule has 218 valence electrons. The molecule has 14 nitrogen and oxygen atoms in total. The predicted octanol–water partition coefficient (Wildman–Crippen LogP) is -0.0377. The highest BCUT2D eigenvalue weighted by Gasteiger charge is 2.33. The number of carboxylic acid groups (broad SMARTS) is 3. The number of nitrogens with two attached hydrogens (primary N) is 1. The molecular weight excluding hydrogens is 526 g/mol. The molecule has 2 rings (SSSR count). The molecule has 1 heterocycles. The normalized spacial score (nSPS) is 14.8. The number of benzene rings is 1. The number of aromatic amines is 1. The number of H-pyrrole nitrogens is 1. The largest absolute Gasteiger partial charge is 0.481 e. The van der Waals surface area contributed by atoms with Gasteiger partial charge >= 0.3 is 17.9 Å². The van der Waals surface area contributed by atoms with Crippen LogP contribution in [0.3, 0.4) is 0 Å². The Labute approximate surface area is 229 Å². The first-order valence-electron chi connectivity index (χ1n) is 12.7. The van der Waals surface area contributed by atoms with Crippen LogP contribution in [-0.2, 0) is 35.2 Å². The Bertz CT molecular complexity index is 1240. The zero-order chi connectivity index (χ0) is 30.0. The van der Waals surface area contributed by atoms with Crippen molar-refractivity contribution >= 4 is 46.5 Å². The Balaban J connectivity index is 2.15. The summed E-state index contributed by atoms with van der Waals surface area (Å²) in [4.78, 5) is 75.6. The van der Waals surface area contributed by atoms with Gasteiger partial charge in [0.25, 0.3) is 0 Å². The monoisotopic (exact) mass is 561 g/mol. The number of aromatic nitrogens is 1. The Kier molecular flexibility index (Phi) is 11.6. The van der Waals surface area contributed by atoms with Crippen molar-refractivity contribution in [2.75, 3.05) is 0 Å². The quantitative estimate of drug-likeness (QED) is 0.136. The van der Waals surface area contributed by atoms with E-state index in [1.54, 1.807) is 20.0 Å². The number of nitrogens with one attached hydrogen (secondary N) is 4. The van der Waals surface area contributed by atoms with Crippen LogP contribution in [0.1, 0.15) is 45.1 Å². The summed E-state index contributed by atoms with van der Waals surface area (Å²) in [5, 5.41) is 35.2. The van der Waals surface area contributed by atoms with E-state index in [0.29, 0.717) is 6.42 Å². The van der Waals surface area contributed by atoms with Crippen molar-refractivity contribution in [3.8, 4) is 0 Å². The van der Waals surface area contributed by atoms with Crippen LogP contribution >= 0.6 is 0 Å². The summed E-state index contributed by atoms with van der Waals surface area (Å²) in [6.07, 6.45) is 0.443. The maximum absolute atomic E-state index is 13.2. The van der Waals surface area contributed by atoms with Gasteiger partial charge in [0.2, 0.25) is 17.7 Å². The Hall–Kier alpha value is -4.46. The lowest BCUT2D eigenvalue weighted by atomic mass is 9.96. The van der Waals surface area contributed by atoms with Crippen LogP contribution < -0.4 is 21.7 Å². The molecule has 0 radical (unpaired) electrons. The molecule has 0 aliphatic carbocycles. The van der Waals surface area contributed by atoms with Crippen LogP contribution in [0.4, 0.5) is 0 Å². The zero-order valence-corrected chi connectivity index (χ0v) is 22.2. The second kappa shape index (κ2) is 14.6. The van der Waals surface area contributed by atoms with Crippen LogP contribution in [0.5, 0.6) is 0 Å². The molecule has 0 aliphatic heterocycles. The van der Waals surface area contributed by atoms with E-state index in [0.717, 1.165) is 16.5 Å².